The van der Waals surface area contributed by atoms with Crippen molar-refractivity contribution in [2.75, 3.05) is 5.73 Å². The lowest BCUT2D eigenvalue weighted by molar-refractivity contribution is 0.178. The second kappa shape index (κ2) is 5.50. The van der Waals surface area contributed by atoms with E-state index in [0.717, 1.165) is 15.6 Å². The molecule has 3 nitrogen and oxygen atoms in total. The van der Waals surface area contributed by atoms with Crippen molar-refractivity contribution in [2.24, 2.45) is 0 Å². The number of hydrogen-bond acceptors (Lipinski definition) is 3. The molecule has 0 aliphatic heterocycles. The van der Waals surface area contributed by atoms with E-state index >= 15 is 0 Å². The smallest absolute Gasteiger partial charge is 0.129 e. The van der Waals surface area contributed by atoms with E-state index in [2.05, 4.69) is 20.9 Å². The van der Waals surface area contributed by atoms with Crippen LogP contribution in [0.5, 0.6) is 0 Å². The molecule has 4 heteroatoms. The lowest BCUT2D eigenvalue weighted by Gasteiger charge is -2.16. The number of anilines is 1. The maximum atomic E-state index is 10.3. The maximum absolute atomic E-state index is 10.3. The number of nitrogen functional groups attached to an aromatic ring is 1. The standard InChI is InChI=1S/C14H15BrN2O/c1-9-6-7-17-14(16)13(9)12(18)8-10-4-2-3-5-11(10)15/h2-7,12,18H,8H2,1H3,(H2,16,17). The number of aryl methyl sites for hydroxylation is 1. The number of rotatable bonds is 3. The number of pyridine rings is 1. The van der Waals surface area contributed by atoms with Gasteiger partial charge in [-0.15, -0.1) is 0 Å². The van der Waals surface area contributed by atoms with E-state index in [1.165, 1.54) is 0 Å². The summed E-state index contributed by atoms with van der Waals surface area (Å²) < 4.78 is 0.990. The second-order valence-electron chi connectivity index (χ2n) is 4.24. The Bertz CT molecular complexity index is 537. The molecule has 0 saturated heterocycles. The molecule has 1 heterocycles. The third-order valence-corrected chi connectivity index (χ3v) is 3.72. The van der Waals surface area contributed by atoms with E-state index in [1.807, 2.05) is 37.3 Å². The molecule has 1 aromatic heterocycles. The molecule has 2 aromatic rings. The minimum atomic E-state index is -0.641. The van der Waals surface area contributed by atoms with Crippen molar-refractivity contribution in [3.8, 4) is 0 Å². The summed E-state index contributed by atoms with van der Waals surface area (Å²) in [6, 6.07) is 9.70. The molecule has 0 fully saturated rings. The van der Waals surface area contributed by atoms with Crippen molar-refractivity contribution in [1.82, 2.24) is 4.98 Å². The highest BCUT2D eigenvalue weighted by atomic mass is 79.9. The van der Waals surface area contributed by atoms with Crippen LogP contribution in [0.4, 0.5) is 5.82 Å². The van der Waals surface area contributed by atoms with Gasteiger partial charge in [0.2, 0.25) is 0 Å². The third kappa shape index (κ3) is 2.71. The molecule has 0 aliphatic carbocycles. The summed E-state index contributed by atoms with van der Waals surface area (Å²) in [6.07, 6.45) is 1.52. The number of nitrogens with zero attached hydrogens (tertiary/aromatic N) is 1. The van der Waals surface area contributed by atoms with Crippen LogP contribution in [0.2, 0.25) is 0 Å². The van der Waals surface area contributed by atoms with Gasteiger partial charge in [-0.05, 0) is 30.2 Å². The first-order chi connectivity index (χ1) is 8.59. The Morgan fingerprint density at radius 2 is 2.06 bits per heavy atom. The quantitative estimate of drug-likeness (QED) is 0.916. The molecule has 0 radical (unpaired) electrons. The molecule has 0 amide bonds. The Kier molecular flexibility index (Phi) is 3.99. The molecule has 94 valence electrons. The van der Waals surface area contributed by atoms with Crippen molar-refractivity contribution in [1.29, 1.82) is 0 Å². The van der Waals surface area contributed by atoms with Gasteiger partial charge < -0.3 is 10.8 Å². The largest absolute Gasteiger partial charge is 0.388 e. The fourth-order valence-corrected chi connectivity index (χ4v) is 2.45. The van der Waals surface area contributed by atoms with Gasteiger partial charge in [0, 0.05) is 22.7 Å². The van der Waals surface area contributed by atoms with Crippen molar-refractivity contribution in [3.63, 3.8) is 0 Å². The number of halogens is 1. The Morgan fingerprint density at radius 1 is 1.33 bits per heavy atom. The fourth-order valence-electron chi connectivity index (χ4n) is 2.00. The molecule has 1 atom stereocenters. The average Bonchev–Trinajstić information content (AvgIpc) is 2.32. The van der Waals surface area contributed by atoms with Crippen LogP contribution >= 0.6 is 15.9 Å². The highest BCUT2D eigenvalue weighted by Crippen LogP contribution is 2.28. The van der Waals surface area contributed by atoms with Gasteiger partial charge in [-0.3, -0.25) is 0 Å². The molecule has 0 bridgehead atoms. The number of hydrogen-bond donors (Lipinski definition) is 2. The third-order valence-electron chi connectivity index (χ3n) is 2.94. The molecule has 3 N–H and O–H groups in total. The summed E-state index contributed by atoms with van der Waals surface area (Å²) >= 11 is 3.48. The summed E-state index contributed by atoms with van der Waals surface area (Å²) in [5, 5.41) is 10.3. The Labute approximate surface area is 115 Å². The van der Waals surface area contributed by atoms with Gasteiger partial charge in [0.05, 0.1) is 6.10 Å². The Balaban J connectivity index is 2.28. The maximum Gasteiger partial charge on any atom is 0.129 e. The number of aliphatic hydroxyl groups is 1. The first kappa shape index (κ1) is 13.1. The molecule has 1 aromatic carbocycles. The predicted octanol–water partition coefficient (Wildman–Crippen LogP) is 3.01. The summed E-state index contributed by atoms with van der Waals surface area (Å²) in [4.78, 5) is 4.03. The fraction of sp³-hybridized carbons (Fsp3) is 0.214. The minimum Gasteiger partial charge on any atom is -0.388 e. The zero-order valence-corrected chi connectivity index (χ0v) is 11.7. The van der Waals surface area contributed by atoms with E-state index in [1.54, 1.807) is 6.20 Å². The molecule has 0 aliphatic rings. The summed E-state index contributed by atoms with van der Waals surface area (Å²) in [5.74, 6) is 0.398. The van der Waals surface area contributed by atoms with Crippen LogP contribution in [0.15, 0.2) is 41.0 Å². The van der Waals surface area contributed by atoms with Crippen molar-refractivity contribution >= 4 is 21.7 Å². The topological polar surface area (TPSA) is 59.1 Å². The van der Waals surface area contributed by atoms with Gasteiger partial charge in [-0.25, -0.2) is 4.98 Å². The molecule has 0 saturated carbocycles. The Hall–Kier alpha value is -1.39. The molecule has 1 unspecified atom stereocenters. The average molecular weight is 307 g/mol. The van der Waals surface area contributed by atoms with Gasteiger partial charge in [0.25, 0.3) is 0 Å². The van der Waals surface area contributed by atoms with E-state index in [0.29, 0.717) is 17.8 Å². The zero-order valence-electron chi connectivity index (χ0n) is 10.1. The lowest BCUT2D eigenvalue weighted by atomic mass is 9.98. The van der Waals surface area contributed by atoms with Gasteiger partial charge in [0.1, 0.15) is 5.82 Å². The van der Waals surface area contributed by atoms with E-state index in [9.17, 15) is 5.11 Å². The summed E-state index contributed by atoms with van der Waals surface area (Å²) in [5.41, 5.74) is 8.56. The summed E-state index contributed by atoms with van der Waals surface area (Å²) in [6.45, 7) is 1.93. The first-order valence-electron chi connectivity index (χ1n) is 5.72. The van der Waals surface area contributed by atoms with Gasteiger partial charge in [0.15, 0.2) is 0 Å². The van der Waals surface area contributed by atoms with E-state index in [-0.39, 0.29) is 0 Å². The summed E-state index contributed by atoms with van der Waals surface area (Å²) in [7, 11) is 0. The number of aliphatic hydroxyl groups excluding tert-OH is 1. The number of benzene rings is 1. The van der Waals surface area contributed by atoms with Crippen LogP contribution in [-0.2, 0) is 6.42 Å². The minimum absolute atomic E-state index is 0.398. The van der Waals surface area contributed by atoms with Crippen LogP contribution in [0.25, 0.3) is 0 Å². The molecular formula is C14H15BrN2O. The van der Waals surface area contributed by atoms with Crippen LogP contribution in [0, 0.1) is 6.92 Å². The normalized spacial score (nSPS) is 12.4. The number of nitrogens with two attached hydrogens (primary N) is 1. The van der Waals surface area contributed by atoms with Gasteiger partial charge >= 0.3 is 0 Å². The highest BCUT2D eigenvalue weighted by Gasteiger charge is 2.16. The molecule has 18 heavy (non-hydrogen) atoms. The van der Waals surface area contributed by atoms with Crippen LogP contribution in [0.1, 0.15) is 22.8 Å². The lowest BCUT2D eigenvalue weighted by Crippen LogP contribution is -2.09. The van der Waals surface area contributed by atoms with Crippen molar-refractivity contribution < 1.29 is 5.11 Å². The monoisotopic (exact) mass is 306 g/mol. The zero-order chi connectivity index (χ0) is 13.1. The Morgan fingerprint density at radius 3 is 2.72 bits per heavy atom. The second-order valence-corrected chi connectivity index (χ2v) is 5.09. The highest BCUT2D eigenvalue weighted by molar-refractivity contribution is 9.10. The van der Waals surface area contributed by atoms with E-state index in [4.69, 9.17) is 5.73 Å². The molecule has 0 spiro atoms. The first-order valence-corrected chi connectivity index (χ1v) is 6.51. The van der Waals surface area contributed by atoms with Crippen LogP contribution in [-0.4, -0.2) is 10.1 Å². The van der Waals surface area contributed by atoms with Crippen LogP contribution in [0.3, 0.4) is 0 Å². The SMILES string of the molecule is Cc1ccnc(N)c1C(O)Cc1ccccc1Br. The van der Waals surface area contributed by atoms with Gasteiger partial charge in [-0.2, -0.15) is 0 Å². The predicted molar refractivity (Wildman–Crippen MR) is 76.2 cm³/mol. The molecule has 2 rings (SSSR count). The van der Waals surface area contributed by atoms with Gasteiger partial charge in [-0.1, -0.05) is 34.1 Å². The molecular weight excluding hydrogens is 292 g/mol. The number of aromatic nitrogens is 1. The van der Waals surface area contributed by atoms with Crippen LogP contribution < -0.4 is 5.73 Å². The van der Waals surface area contributed by atoms with E-state index < -0.39 is 6.10 Å². The van der Waals surface area contributed by atoms with Crippen molar-refractivity contribution in [3.05, 3.63) is 57.7 Å². The van der Waals surface area contributed by atoms with Crippen molar-refractivity contribution in [2.45, 2.75) is 19.4 Å².